The predicted molar refractivity (Wildman–Crippen MR) is 42.5 cm³/mol. The molecule has 58 valence electrons. The SMILES string of the molecule is CC(C#N)NC(C)C(C)C. The number of rotatable bonds is 3. The lowest BCUT2D eigenvalue weighted by atomic mass is 10.1. The molecule has 0 aliphatic rings. The van der Waals surface area contributed by atoms with Crippen molar-refractivity contribution in [3.05, 3.63) is 0 Å². The third-order valence-electron chi connectivity index (χ3n) is 1.71. The van der Waals surface area contributed by atoms with Crippen LogP contribution in [0.2, 0.25) is 0 Å². The van der Waals surface area contributed by atoms with Gasteiger partial charge >= 0.3 is 0 Å². The fourth-order valence-corrected chi connectivity index (χ4v) is 0.624. The highest BCUT2D eigenvalue weighted by Crippen LogP contribution is 2.00. The van der Waals surface area contributed by atoms with E-state index in [4.69, 9.17) is 5.26 Å². The Labute approximate surface area is 63.2 Å². The molecule has 0 heterocycles. The van der Waals surface area contributed by atoms with Gasteiger partial charge in [-0.15, -0.1) is 0 Å². The molecule has 0 aromatic carbocycles. The molecule has 0 bridgehead atoms. The van der Waals surface area contributed by atoms with Crippen molar-refractivity contribution in [1.82, 2.24) is 5.32 Å². The summed E-state index contributed by atoms with van der Waals surface area (Å²) in [6.07, 6.45) is 0. The molecule has 0 rings (SSSR count). The third kappa shape index (κ3) is 3.47. The Bertz CT molecular complexity index is 124. The summed E-state index contributed by atoms with van der Waals surface area (Å²) in [4.78, 5) is 0. The molecule has 1 N–H and O–H groups in total. The molecule has 0 aromatic rings. The van der Waals surface area contributed by atoms with Gasteiger partial charge in [0, 0.05) is 6.04 Å². The van der Waals surface area contributed by atoms with E-state index in [1.807, 2.05) is 6.92 Å². The second-order valence-electron chi connectivity index (χ2n) is 3.05. The standard InChI is InChI=1S/C8H16N2/c1-6(2)8(4)10-7(3)5-9/h6-8,10H,1-4H3. The van der Waals surface area contributed by atoms with Gasteiger partial charge in [0.2, 0.25) is 0 Å². The molecule has 0 spiro atoms. The highest BCUT2D eigenvalue weighted by Gasteiger charge is 2.08. The van der Waals surface area contributed by atoms with Gasteiger partial charge in [0.15, 0.2) is 0 Å². The molecule has 0 aliphatic carbocycles. The molecule has 2 unspecified atom stereocenters. The molecular weight excluding hydrogens is 124 g/mol. The molecule has 0 saturated heterocycles. The topological polar surface area (TPSA) is 35.8 Å². The Morgan fingerprint density at radius 3 is 2.00 bits per heavy atom. The van der Waals surface area contributed by atoms with Gasteiger partial charge in [-0.2, -0.15) is 5.26 Å². The van der Waals surface area contributed by atoms with E-state index in [0.717, 1.165) is 0 Å². The summed E-state index contributed by atoms with van der Waals surface area (Å²) in [5.74, 6) is 0.593. The molecule has 0 saturated carbocycles. The van der Waals surface area contributed by atoms with Crippen LogP contribution in [0.3, 0.4) is 0 Å². The van der Waals surface area contributed by atoms with Crippen molar-refractivity contribution in [2.45, 2.75) is 39.8 Å². The lowest BCUT2D eigenvalue weighted by Gasteiger charge is -2.18. The maximum atomic E-state index is 8.45. The second kappa shape index (κ2) is 4.29. The van der Waals surface area contributed by atoms with Gasteiger partial charge in [-0.1, -0.05) is 13.8 Å². The summed E-state index contributed by atoms with van der Waals surface area (Å²) in [6.45, 7) is 8.25. The summed E-state index contributed by atoms with van der Waals surface area (Å²) in [5, 5.41) is 11.6. The first-order valence-corrected chi connectivity index (χ1v) is 3.73. The normalized spacial score (nSPS) is 16.4. The monoisotopic (exact) mass is 140 g/mol. The second-order valence-corrected chi connectivity index (χ2v) is 3.05. The lowest BCUT2D eigenvalue weighted by molar-refractivity contribution is 0.413. The van der Waals surface area contributed by atoms with Gasteiger partial charge in [0.1, 0.15) is 0 Å². The highest BCUT2D eigenvalue weighted by atomic mass is 14.9. The number of nitrogens with one attached hydrogen (secondary N) is 1. The van der Waals surface area contributed by atoms with Gasteiger partial charge in [0.25, 0.3) is 0 Å². The van der Waals surface area contributed by atoms with E-state index in [9.17, 15) is 0 Å². The minimum Gasteiger partial charge on any atom is -0.299 e. The fourth-order valence-electron chi connectivity index (χ4n) is 0.624. The highest BCUT2D eigenvalue weighted by molar-refractivity contribution is 4.87. The summed E-state index contributed by atoms with van der Waals surface area (Å²) < 4.78 is 0. The minimum absolute atomic E-state index is 0.0302. The average Bonchev–Trinajstić information content (AvgIpc) is 1.87. The smallest absolute Gasteiger partial charge is 0.0926 e. The van der Waals surface area contributed by atoms with E-state index in [1.54, 1.807) is 0 Å². The Hall–Kier alpha value is -0.550. The van der Waals surface area contributed by atoms with E-state index >= 15 is 0 Å². The Morgan fingerprint density at radius 1 is 1.20 bits per heavy atom. The Balaban J connectivity index is 3.59. The van der Waals surface area contributed by atoms with Gasteiger partial charge in [-0.3, -0.25) is 5.32 Å². The van der Waals surface area contributed by atoms with Crippen LogP contribution in [0.25, 0.3) is 0 Å². The summed E-state index contributed by atoms with van der Waals surface area (Å²) in [7, 11) is 0. The van der Waals surface area contributed by atoms with Crippen molar-refractivity contribution < 1.29 is 0 Å². The van der Waals surface area contributed by atoms with E-state index in [2.05, 4.69) is 32.2 Å². The van der Waals surface area contributed by atoms with Crippen LogP contribution in [0.4, 0.5) is 0 Å². The zero-order valence-corrected chi connectivity index (χ0v) is 7.18. The molecule has 0 aliphatic heterocycles. The van der Waals surface area contributed by atoms with Crippen LogP contribution in [0.15, 0.2) is 0 Å². The predicted octanol–water partition coefficient (Wildman–Crippen LogP) is 1.53. The number of nitrogens with zero attached hydrogens (tertiary/aromatic N) is 1. The maximum absolute atomic E-state index is 8.45. The summed E-state index contributed by atoms with van der Waals surface area (Å²) in [5.41, 5.74) is 0. The molecular formula is C8H16N2. The molecule has 2 heteroatoms. The van der Waals surface area contributed by atoms with E-state index in [-0.39, 0.29) is 6.04 Å². The van der Waals surface area contributed by atoms with Crippen molar-refractivity contribution in [3.8, 4) is 6.07 Å². The third-order valence-corrected chi connectivity index (χ3v) is 1.71. The quantitative estimate of drug-likeness (QED) is 0.645. The number of nitriles is 1. The van der Waals surface area contributed by atoms with Crippen LogP contribution >= 0.6 is 0 Å². The van der Waals surface area contributed by atoms with Gasteiger partial charge < -0.3 is 0 Å². The van der Waals surface area contributed by atoms with Crippen LogP contribution in [-0.4, -0.2) is 12.1 Å². The lowest BCUT2D eigenvalue weighted by Crippen LogP contribution is -2.36. The van der Waals surface area contributed by atoms with E-state index in [0.29, 0.717) is 12.0 Å². The zero-order valence-electron chi connectivity index (χ0n) is 7.18. The van der Waals surface area contributed by atoms with E-state index < -0.39 is 0 Å². The molecule has 0 radical (unpaired) electrons. The number of hydrogen-bond acceptors (Lipinski definition) is 2. The van der Waals surface area contributed by atoms with Crippen LogP contribution in [0, 0.1) is 17.2 Å². The number of hydrogen-bond donors (Lipinski definition) is 1. The van der Waals surface area contributed by atoms with Crippen molar-refractivity contribution in [2.75, 3.05) is 0 Å². The van der Waals surface area contributed by atoms with Crippen LogP contribution in [0.5, 0.6) is 0 Å². The van der Waals surface area contributed by atoms with Crippen LogP contribution in [0.1, 0.15) is 27.7 Å². The maximum Gasteiger partial charge on any atom is 0.0926 e. The largest absolute Gasteiger partial charge is 0.299 e. The van der Waals surface area contributed by atoms with Crippen molar-refractivity contribution in [2.24, 2.45) is 5.92 Å². The zero-order chi connectivity index (χ0) is 8.15. The molecule has 0 fully saturated rings. The van der Waals surface area contributed by atoms with Crippen LogP contribution in [-0.2, 0) is 0 Å². The van der Waals surface area contributed by atoms with Crippen LogP contribution < -0.4 is 5.32 Å². The Morgan fingerprint density at radius 2 is 1.70 bits per heavy atom. The van der Waals surface area contributed by atoms with Crippen molar-refractivity contribution in [3.63, 3.8) is 0 Å². The first kappa shape index (κ1) is 9.45. The fraction of sp³-hybridized carbons (Fsp3) is 0.875. The van der Waals surface area contributed by atoms with Gasteiger partial charge in [0.05, 0.1) is 12.1 Å². The molecule has 2 atom stereocenters. The molecule has 0 amide bonds. The van der Waals surface area contributed by atoms with Gasteiger partial charge in [-0.25, -0.2) is 0 Å². The Kier molecular flexibility index (Phi) is 4.06. The average molecular weight is 140 g/mol. The summed E-state index contributed by atoms with van der Waals surface area (Å²) >= 11 is 0. The first-order valence-electron chi connectivity index (χ1n) is 3.73. The molecule has 0 aromatic heterocycles. The van der Waals surface area contributed by atoms with Crippen molar-refractivity contribution >= 4 is 0 Å². The van der Waals surface area contributed by atoms with Crippen molar-refractivity contribution in [1.29, 1.82) is 5.26 Å². The first-order chi connectivity index (χ1) is 4.57. The van der Waals surface area contributed by atoms with Gasteiger partial charge in [-0.05, 0) is 19.8 Å². The molecule has 2 nitrogen and oxygen atoms in total. The minimum atomic E-state index is -0.0302. The van der Waals surface area contributed by atoms with E-state index in [1.165, 1.54) is 0 Å². The summed E-state index contributed by atoms with van der Waals surface area (Å²) in [6, 6.07) is 2.53. The molecule has 10 heavy (non-hydrogen) atoms.